The van der Waals surface area contributed by atoms with Crippen molar-refractivity contribution in [2.24, 2.45) is 5.73 Å². The summed E-state index contributed by atoms with van der Waals surface area (Å²) in [5, 5.41) is 11.6. The first-order valence-electron chi connectivity index (χ1n) is 15.7. The van der Waals surface area contributed by atoms with Gasteiger partial charge in [-0.2, -0.15) is 0 Å². The lowest BCUT2D eigenvalue weighted by Gasteiger charge is -2.15. The number of benzene rings is 5. The topological polar surface area (TPSA) is 121 Å². The van der Waals surface area contributed by atoms with Crippen LogP contribution in [0.3, 0.4) is 0 Å². The molecule has 8 heteroatoms. The normalized spacial score (nSPS) is 12.9. The number of aromatic nitrogens is 4. The molecule has 5 aromatic carbocycles. The Hall–Kier alpha value is -6.54. The number of hydrogen-bond donors (Lipinski definition) is 1. The van der Waals surface area contributed by atoms with E-state index in [1.54, 1.807) is 12.1 Å². The lowest BCUT2D eigenvalue weighted by atomic mass is 9.97. The number of non-ortho nitro benzene ring substituents is 1. The molecule has 0 radical (unpaired) electrons. The van der Waals surface area contributed by atoms with E-state index in [1.165, 1.54) is 6.07 Å². The molecule has 8 nitrogen and oxygen atoms in total. The quantitative estimate of drug-likeness (QED) is 0.145. The number of nitro benzene ring substituents is 1. The molecule has 0 atom stereocenters. The number of rotatable bonds is 6. The summed E-state index contributed by atoms with van der Waals surface area (Å²) in [7, 11) is 0. The lowest BCUT2D eigenvalue weighted by Crippen LogP contribution is -2.04. The second-order valence-corrected chi connectivity index (χ2v) is 11.7. The van der Waals surface area contributed by atoms with Crippen molar-refractivity contribution in [2.45, 2.75) is 12.8 Å². The monoisotopic (exact) mass is 624 g/mol. The van der Waals surface area contributed by atoms with Gasteiger partial charge in [-0.1, -0.05) is 91.0 Å². The van der Waals surface area contributed by atoms with Crippen molar-refractivity contribution in [2.75, 3.05) is 0 Å². The molecule has 2 aromatic heterocycles. The maximum Gasteiger partial charge on any atom is 0.270 e. The summed E-state index contributed by atoms with van der Waals surface area (Å²) in [6.45, 7) is 0. The van der Waals surface area contributed by atoms with E-state index >= 15 is 0 Å². The van der Waals surface area contributed by atoms with E-state index in [9.17, 15) is 10.1 Å². The molecule has 0 saturated carbocycles. The van der Waals surface area contributed by atoms with Crippen LogP contribution in [0.5, 0.6) is 0 Å². The van der Waals surface area contributed by atoms with Crippen LogP contribution in [0.1, 0.15) is 18.5 Å². The number of nitrogens with two attached hydrogens (primary N) is 1. The van der Waals surface area contributed by atoms with Crippen molar-refractivity contribution in [3.8, 4) is 44.9 Å². The Morgan fingerprint density at radius 2 is 1.06 bits per heavy atom. The lowest BCUT2D eigenvalue weighted by molar-refractivity contribution is -0.384. The molecule has 1 aliphatic carbocycles. The smallest absolute Gasteiger partial charge is 0.270 e. The zero-order valence-electron chi connectivity index (χ0n) is 25.7. The Kier molecular flexibility index (Phi) is 7.22. The van der Waals surface area contributed by atoms with Crippen LogP contribution in [-0.2, 0) is 0 Å². The minimum absolute atomic E-state index is 0.00303. The van der Waals surface area contributed by atoms with E-state index in [0.717, 1.165) is 74.3 Å². The molecule has 1 aliphatic rings. The largest absolute Gasteiger partial charge is 0.402 e. The Morgan fingerprint density at radius 1 is 0.542 bits per heavy atom. The molecule has 8 rings (SSSR count). The molecule has 230 valence electrons. The summed E-state index contributed by atoms with van der Waals surface area (Å²) in [6.07, 6.45) is 5.88. The van der Waals surface area contributed by atoms with Crippen LogP contribution in [0, 0.1) is 10.1 Å². The summed E-state index contributed by atoms with van der Waals surface area (Å²) < 4.78 is 0. The van der Waals surface area contributed by atoms with Gasteiger partial charge in [0.1, 0.15) is 0 Å². The van der Waals surface area contributed by atoms with Gasteiger partial charge in [-0.3, -0.25) is 10.1 Å². The Bertz CT molecular complexity index is 2440. The third kappa shape index (κ3) is 5.45. The van der Waals surface area contributed by atoms with Gasteiger partial charge in [-0.15, -0.1) is 0 Å². The summed E-state index contributed by atoms with van der Waals surface area (Å²) in [5.74, 6) is 0. The SMILES string of the molecule is NC1=CC(c2nc3ccc(-c4ccc5nc(-c6ccccc6)c(-c6cccc([N+](=O)[O-])c6)nc5c4)cc3nc2-c2ccccc2)=CCC1. The molecule has 0 unspecified atom stereocenters. The van der Waals surface area contributed by atoms with Crippen molar-refractivity contribution in [3.63, 3.8) is 0 Å². The van der Waals surface area contributed by atoms with Gasteiger partial charge in [0, 0.05) is 40.1 Å². The van der Waals surface area contributed by atoms with Crippen molar-refractivity contribution < 1.29 is 4.92 Å². The van der Waals surface area contributed by atoms with Gasteiger partial charge >= 0.3 is 0 Å². The number of fused-ring (bicyclic) bond motifs is 2. The van der Waals surface area contributed by atoms with Crippen molar-refractivity contribution >= 4 is 33.3 Å². The molecule has 2 N–H and O–H groups in total. The molecule has 7 aromatic rings. The maximum atomic E-state index is 11.6. The second-order valence-electron chi connectivity index (χ2n) is 11.7. The molecular formula is C40H28N6O2. The highest BCUT2D eigenvalue weighted by atomic mass is 16.6. The highest BCUT2D eigenvalue weighted by Crippen LogP contribution is 2.36. The Labute approximate surface area is 276 Å². The maximum absolute atomic E-state index is 11.6. The van der Waals surface area contributed by atoms with Crippen LogP contribution >= 0.6 is 0 Å². The average molecular weight is 625 g/mol. The highest BCUT2D eigenvalue weighted by Gasteiger charge is 2.18. The number of nitrogens with zero attached hydrogens (tertiary/aromatic N) is 5. The molecule has 0 fully saturated rings. The van der Waals surface area contributed by atoms with Crippen LogP contribution in [0.4, 0.5) is 5.69 Å². The van der Waals surface area contributed by atoms with E-state index in [2.05, 4.69) is 6.08 Å². The van der Waals surface area contributed by atoms with Gasteiger partial charge in [0.15, 0.2) is 0 Å². The van der Waals surface area contributed by atoms with Gasteiger partial charge in [0.05, 0.1) is 49.8 Å². The van der Waals surface area contributed by atoms with Crippen molar-refractivity contribution in [3.05, 3.63) is 155 Å². The minimum Gasteiger partial charge on any atom is -0.402 e. The van der Waals surface area contributed by atoms with E-state index in [-0.39, 0.29) is 5.69 Å². The predicted octanol–water partition coefficient (Wildman–Crippen LogP) is 9.17. The third-order valence-corrected chi connectivity index (χ3v) is 8.50. The number of allylic oxidation sites excluding steroid dienone is 4. The summed E-state index contributed by atoms with van der Waals surface area (Å²) in [6, 6.07) is 38.4. The van der Waals surface area contributed by atoms with Gasteiger partial charge in [0.25, 0.3) is 5.69 Å². The third-order valence-electron chi connectivity index (χ3n) is 8.50. The summed E-state index contributed by atoms with van der Waals surface area (Å²) in [4.78, 5) is 31.5. The van der Waals surface area contributed by atoms with Crippen LogP contribution in [-0.4, -0.2) is 24.9 Å². The first-order valence-corrected chi connectivity index (χ1v) is 15.7. The fraction of sp³-hybridized carbons (Fsp3) is 0.0500. The van der Waals surface area contributed by atoms with Crippen LogP contribution in [0.25, 0.3) is 72.5 Å². The summed E-state index contributed by atoms with van der Waals surface area (Å²) in [5.41, 5.74) is 18.2. The van der Waals surface area contributed by atoms with Gasteiger partial charge in [0.2, 0.25) is 0 Å². The number of hydrogen-bond acceptors (Lipinski definition) is 7. The van der Waals surface area contributed by atoms with E-state index in [0.29, 0.717) is 22.5 Å². The highest BCUT2D eigenvalue weighted by molar-refractivity contribution is 5.92. The van der Waals surface area contributed by atoms with E-state index in [1.807, 2.05) is 109 Å². The molecule has 0 aliphatic heterocycles. The van der Waals surface area contributed by atoms with Gasteiger partial charge in [-0.25, -0.2) is 19.9 Å². The van der Waals surface area contributed by atoms with Crippen LogP contribution < -0.4 is 5.73 Å². The second kappa shape index (κ2) is 12.0. The number of nitro groups is 1. The first-order chi connectivity index (χ1) is 23.5. The van der Waals surface area contributed by atoms with Crippen molar-refractivity contribution in [1.82, 2.24) is 19.9 Å². The van der Waals surface area contributed by atoms with Crippen molar-refractivity contribution in [1.29, 1.82) is 0 Å². The fourth-order valence-electron chi connectivity index (χ4n) is 6.12. The predicted molar refractivity (Wildman–Crippen MR) is 191 cm³/mol. The van der Waals surface area contributed by atoms with E-state index in [4.69, 9.17) is 25.7 Å². The minimum atomic E-state index is -0.398. The zero-order valence-corrected chi connectivity index (χ0v) is 25.7. The molecular weight excluding hydrogens is 596 g/mol. The standard InChI is InChI=1S/C40H28N6O2/c41-31-15-7-13-29(21-31)39-38(26-11-5-2-6-12-26)44-35-23-27(18-20-34(35)43-39)28-17-19-33-36(24-28)45-40(30-14-8-16-32(22-30)46(47)48)37(42-33)25-9-3-1-4-10-25/h1-6,8-14,16-24H,7,15,41H2. The first kappa shape index (κ1) is 28.9. The average Bonchev–Trinajstić information content (AvgIpc) is 3.14. The van der Waals surface area contributed by atoms with E-state index < -0.39 is 4.92 Å². The molecule has 0 bridgehead atoms. The summed E-state index contributed by atoms with van der Waals surface area (Å²) >= 11 is 0. The Morgan fingerprint density at radius 3 is 1.65 bits per heavy atom. The Balaban J connectivity index is 1.27. The van der Waals surface area contributed by atoms with Gasteiger partial charge in [-0.05, 0) is 54.3 Å². The fourth-order valence-corrected chi connectivity index (χ4v) is 6.12. The molecule has 0 saturated heterocycles. The zero-order chi connectivity index (χ0) is 32.6. The van der Waals surface area contributed by atoms with Crippen LogP contribution in [0.2, 0.25) is 0 Å². The molecule has 48 heavy (non-hydrogen) atoms. The van der Waals surface area contributed by atoms with Gasteiger partial charge < -0.3 is 5.73 Å². The van der Waals surface area contributed by atoms with Crippen LogP contribution in [0.15, 0.2) is 139 Å². The molecule has 0 amide bonds. The molecule has 2 heterocycles. The molecule has 0 spiro atoms.